The van der Waals surface area contributed by atoms with Gasteiger partial charge in [-0.3, -0.25) is 18.8 Å². The topological polar surface area (TPSA) is 85.8 Å². The molecule has 1 aromatic rings. The summed E-state index contributed by atoms with van der Waals surface area (Å²) in [5.74, 6) is -0.574. The van der Waals surface area contributed by atoms with E-state index in [0.717, 1.165) is 25.3 Å². The average Bonchev–Trinajstić information content (AvgIpc) is 3.09. The predicted octanol–water partition coefficient (Wildman–Crippen LogP) is 2.21. The highest BCUT2D eigenvalue weighted by Gasteiger charge is 2.37. The minimum Gasteiger partial charge on any atom is -0.272 e. The summed E-state index contributed by atoms with van der Waals surface area (Å²) in [4.78, 5) is 22.2. The van der Waals surface area contributed by atoms with Crippen molar-refractivity contribution in [2.75, 3.05) is 19.5 Å². The molecule has 1 aromatic heterocycles. The zero-order valence-electron chi connectivity index (χ0n) is 14.6. The van der Waals surface area contributed by atoms with Crippen LogP contribution in [0.1, 0.15) is 43.7 Å². The summed E-state index contributed by atoms with van der Waals surface area (Å²) in [6, 6.07) is 1.06. The molecule has 9 heteroatoms. The van der Waals surface area contributed by atoms with Gasteiger partial charge in [-0.05, 0) is 43.2 Å². The Hall–Kier alpha value is -1.58. The van der Waals surface area contributed by atoms with E-state index >= 15 is 0 Å². The van der Waals surface area contributed by atoms with Gasteiger partial charge < -0.3 is 0 Å². The molecule has 2 heterocycles. The van der Waals surface area contributed by atoms with Crippen LogP contribution in [0.4, 0.5) is 4.39 Å². The van der Waals surface area contributed by atoms with Gasteiger partial charge in [0.1, 0.15) is 5.82 Å². The number of pyridine rings is 1. The van der Waals surface area contributed by atoms with Crippen LogP contribution in [0.3, 0.4) is 0 Å². The molecule has 1 saturated heterocycles. The Labute approximate surface area is 152 Å². The lowest BCUT2D eigenvalue weighted by Crippen LogP contribution is -2.37. The van der Waals surface area contributed by atoms with Crippen LogP contribution in [0.2, 0.25) is 0 Å². The van der Waals surface area contributed by atoms with E-state index in [2.05, 4.69) is 4.98 Å². The molecule has 0 radical (unpaired) electrons. The number of amides is 1. The van der Waals surface area contributed by atoms with E-state index in [1.807, 2.05) is 0 Å². The van der Waals surface area contributed by atoms with Gasteiger partial charge in [-0.15, -0.1) is 0 Å². The molecule has 0 bridgehead atoms. The minimum absolute atomic E-state index is 0.0979. The molecule has 0 N–H and O–H groups in total. The van der Waals surface area contributed by atoms with Crippen molar-refractivity contribution >= 4 is 16.0 Å². The van der Waals surface area contributed by atoms with Gasteiger partial charge in [0.05, 0.1) is 31.7 Å². The first-order chi connectivity index (χ1) is 12.3. The average molecular weight is 386 g/mol. The highest BCUT2D eigenvalue weighted by Crippen LogP contribution is 2.36. The number of hydrogen-bond donors (Lipinski definition) is 0. The molecule has 1 saturated carbocycles. The molecule has 0 unspecified atom stereocenters. The van der Waals surface area contributed by atoms with Crippen LogP contribution in [-0.2, 0) is 23.9 Å². The Morgan fingerprint density at radius 3 is 2.69 bits per heavy atom. The quantitative estimate of drug-likeness (QED) is 0.721. The molecule has 1 amide bonds. The van der Waals surface area contributed by atoms with Gasteiger partial charge >= 0.3 is 0 Å². The number of halogens is 1. The zero-order valence-corrected chi connectivity index (χ0v) is 15.5. The summed E-state index contributed by atoms with van der Waals surface area (Å²) in [5, 5.41) is 1.37. The smallest absolute Gasteiger partial charge is 0.264 e. The Kier molecular flexibility index (Phi) is 5.89. The van der Waals surface area contributed by atoms with Crippen molar-refractivity contribution in [3.8, 4) is 0 Å². The Balaban J connectivity index is 1.58. The molecule has 2 fully saturated rings. The number of hydrogen-bond acceptors (Lipinski definition) is 6. The van der Waals surface area contributed by atoms with Gasteiger partial charge in [0.25, 0.3) is 10.1 Å². The zero-order chi connectivity index (χ0) is 18.7. The van der Waals surface area contributed by atoms with Gasteiger partial charge in [-0.2, -0.15) is 8.42 Å². The van der Waals surface area contributed by atoms with Gasteiger partial charge in [-0.25, -0.2) is 9.45 Å². The first-order valence-electron chi connectivity index (χ1n) is 8.74. The van der Waals surface area contributed by atoms with E-state index in [0.29, 0.717) is 31.4 Å². The second-order valence-electron chi connectivity index (χ2n) is 6.94. The van der Waals surface area contributed by atoms with Crippen molar-refractivity contribution in [3.05, 3.63) is 29.8 Å². The summed E-state index contributed by atoms with van der Waals surface area (Å²) >= 11 is 0. The van der Waals surface area contributed by atoms with Crippen LogP contribution in [-0.4, -0.2) is 43.8 Å². The Bertz CT molecular complexity index is 749. The van der Waals surface area contributed by atoms with Crippen LogP contribution < -0.4 is 0 Å². The lowest BCUT2D eigenvalue weighted by Gasteiger charge is -2.31. The molecule has 2 aliphatic rings. The normalized spacial score (nSPS) is 26.8. The van der Waals surface area contributed by atoms with Crippen LogP contribution >= 0.6 is 0 Å². The van der Waals surface area contributed by atoms with Crippen LogP contribution in [0.25, 0.3) is 0 Å². The van der Waals surface area contributed by atoms with E-state index in [9.17, 15) is 17.6 Å². The molecule has 0 aromatic carbocycles. The van der Waals surface area contributed by atoms with E-state index in [4.69, 9.17) is 9.02 Å². The van der Waals surface area contributed by atoms with Crippen molar-refractivity contribution in [2.45, 2.75) is 38.1 Å². The second-order valence-corrected chi connectivity index (χ2v) is 8.59. The van der Waals surface area contributed by atoms with Crippen LogP contribution in [0.5, 0.6) is 0 Å². The highest BCUT2D eigenvalue weighted by atomic mass is 32.2. The van der Waals surface area contributed by atoms with Gasteiger partial charge in [0, 0.05) is 18.5 Å². The van der Waals surface area contributed by atoms with E-state index in [-0.39, 0.29) is 30.4 Å². The summed E-state index contributed by atoms with van der Waals surface area (Å²) in [7, 11) is -3.44. The molecule has 1 aliphatic heterocycles. The maximum atomic E-state index is 13.4. The standard InChI is InChI=1S/C17H23FN2O5S/c1-26(22,23)25-11-12-2-4-13(5-3-12)17(21)20-16(6-7-24-20)14-8-15(18)10-19-9-14/h8-10,12-13,16H,2-7,11H2,1H3/t12-,13-,16-/m0/s1. The highest BCUT2D eigenvalue weighted by molar-refractivity contribution is 7.85. The van der Waals surface area contributed by atoms with Crippen molar-refractivity contribution in [3.63, 3.8) is 0 Å². The summed E-state index contributed by atoms with van der Waals surface area (Å²) in [5.41, 5.74) is 0.631. The summed E-state index contributed by atoms with van der Waals surface area (Å²) in [6.45, 7) is 0.571. The third-order valence-electron chi connectivity index (χ3n) is 4.95. The van der Waals surface area contributed by atoms with Crippen LogP contribution in [0, 0.1) is 17.7 Å². The van der Waals surface area contributed by atoms with Gasteiger partial charge in [0.15, 0.2) is 0 Å². The van der Waals surface area contributed by atoms with E-state index < -0.39 is 15.9 Å². The number of aromatic nitrogens is 1. The molecule has 7 nitrogen and oxygen atoms in total. The fraction of sp³-hybridized carbons (Fsp3) is 0.647. The SMILES string of the molecule is CS(=O)(=O)OC[C@H]1CC[C@H](C(=O)N2OCC[C@H]2c2cncc(F)c2)CC1. The molecule has 26 heavy (non-hydrogen) atoms. The monoisotopic (exact) mass is 386 g/mol. The predicted molar refractivity (Wildman–Crippen MR) is 90.6 cm³/mol. The Morgan fingerprint density at radius 1 is 1.31 bits per heavy atom. The van der Waals surface area contributed by atoms with Gasteiger partial charge in [0.2, 0.25) is 5.91 Å². The van der Waals surface area contributed by atoms with E-state index in [1.165, 1.54) is 11.1 Å². The fourth-order valence-corrected chi connectivity index (χ4v) is 4.02. The lowest BCUT2D eigenvalue weighted by atomic mass is 9.82. The largest absolute Gasteiger partial charge is 0.272 e. The number of hydroxylamine groups is 2. The van der Waals surface area contributed by atoms with Crippen molar-refractivity contribution in [1.29, 1.82) is 0 Å². The summed E-state index contributed by atoms with van der Waals surface area (Å²) in [6.07, 6.45) is 7.10. The maximum Gasteiger partial charge on any atom is 0.264 e. The van der Waals surface area contributed by atoms with Gasteiger partial charge in [-0.1, -0.05) is 0 Å². The van der Waals surface area contributed by atoms with E-state index in [1.54, 1.807) is 6.20 Å². The second kappa shape index (κ2) is 7.98. The Morgan fingerprint density at radius 2 is 2.04 bits per heavy atom. The first kappa shape index (κ1) is 19.2. The molecule has 1 aliphatic carbocycles. The minimum atomic E-state index is -3.44. The fourth-order valence-electron chi connectivity index (χ4n) is 3.58. The number of carbonyl (C=O) groups is 1. The third kappa shape index (κ3) is 4.77. The molecule has 1 atom stereocenters. The molecular weight excluding hydrogens is 363 g/mol. The molecule has 0 spiro atoms. The van der Waals surface area contributed by atoms with Crippen LogP contribution in [0.15, 0.2) is 18.5 Å². The molecule has 144 valence electrons. The van der Waals surface area contributed by atoms with Crippen molar-refractivity contribution in [1.82, 2.24) is 10.0 Å². The number of nitrogens with zero attached hydrogens (tertiary/aromatic N) is 2. The lowest BCUT2D eigenvalue weighted by molar-refractivity contribution is -0.183. The first-order valence-corrected chi connectivity index (χ1v) is 10.6. The molecular formula is C17H23FN2O5S. The van der Waals surface area contributed by atoms with Crippen molar-refractivity contribution in [2.24, 2.45) is 11.8 Å². The maximum absolute atomic E-state index is 13.4. The number of rotatable bonds is 5. The third-order valence-corrected chi connectivity index (χ3v) is 5.51. The van der Waals surface area contributed by atoms with Crippen molar-refractivity contribution < 1.29 is 26.6 Å². The number of carbonyl (C=O) groups excluding carboxylic acids is 1. The molecule has 3 rings (SSSR count). The summed E-state index contributed by atoms with van der Waals surface area (Å²) < 4.78 is 40.5.